The first-order chi connectivity index (χ1) is 17.5. The molecule has 2 aromatic rings. The molecule has 0 radical (unpaired) electrons. The first-order valence-corrected chi connectivity index (χ1v) is 13.5. The van der Waals surface area contributed by atoms with Gasteiger partial charge in [0.2, 0.25) is 0 Å². The molecule has 0 spiro atoms. The summed E-state index contributed by atoms with van der Waals surface area (Å²) in [6.07, 6.45) is 9.89. The van der Waals surface area contributed by atoms with Crippen LogP contribution in [0.25, 0.3) is 0 Å². The molecule has 3 aliphatic carbocycles. The highest BCUT2D eigenvalue weighted by Crippen LogP contribution is 2.59. The molecule has 0 heterocycles. The maximum absolute atomic E-state index is 13.7. The summed E-state index contributed by atoms with van der Waals surface area (Å²) in [5, 5.41) is 19.7. The molecule has 3 fully saturated rings. The van der Waals surface area contributed by atoms with Crippen molar-refractivity contribution in [2.75, 3.05) is 0 Å². The Bertz CT molecular complexity index is 941. The first-order valence-electron chi connectivity index (χ1n) is 13.5. The number of esters is 2. The summed E-state index contributed by atoms with van der Waals surface area (Å²) in [5.41, 5.74) is 1.64. The van der Waals surface area contributed by atoms with E-state index in [-0.39, 0.29) is 35.6 Å². The van der Waals surface area contributed by atoms with Crippen molar-refractivity contribution in [3.63, 3.8) is 0 Å². The van der Waals surface area contributed by atoms with E-state index in [4.69, 9.17) is 9.47 Å². The van der Waals surface area contributed by atoms with Crippen molar-refractivity contribution in [2.24, 2.45) is 11.8 Å². The zero-order chi connectivity index (χ0) is 25.1. The van der Waals surface area contributed by atoms with Crippen molar-refractivity contribution in [1.82, 2.24) is 0 Å². The number of carbonyl (C=O) groups is 2. The number of ether oxygens (including phenoxy) is 2. The average molecular weight is 493 g/mol. The summed E-state index contributed by atoms with van der Waals surface area (Å²) < 4.78 is 12.1. The lowest BCUT2D eigenvalue weighted by Gasteiger charge is -2.50. The molecular weight excluding hydrogens is 456 g/mol. The number of phenols is 2. The minimum atomic E-state index is -0.551. The van der Waals surface area contributed by atoms with E-state index in [1.54, 1.807) is 48.5 Å². The average Bonchev–Trinajstić information content (AvgIpc) is 2.87. The molecular formula is C30H36O6. The lowest BCUT2D eigenvalue weighted by molar-refractivity contribution is -0.174. The van der Waals surface area contributed by atoms with E-state index >= 15 is 0 Å². The zero-order valence-corrected chi connectivity index (χ0v) is 20.7. The number of rotatable bonds is 6. The molecule has 0 aromatic heterocycles. The van der Waals surface area contributed by atoms with E-state index in [1.165, 1.54) is 12.8 Å². The Morgan fingerprint density at radius 2 is 0.889 bits per heavy atom. The number of carbonyl (C=O) groups excluding carboxylic acids is 2. The highest BCUT2D eigenvalue weighted by atomic mass is 16.5. The fraction of sp³-hybridized carbons (Fsp3) is 0.533. The molecule has 0 amide bonds. The van der Waals surface area contributed by atoms with Crippen LogP contribution < -0.4 is 0 Å². The van der Waals surface area contributed by atoms with Crippen LogP contribution >= 0.6 is 0 Å². The number of hydrogen-bond acceptors (Lipinski definition) is 6. The van der Waals surface area contributed by atoms with Crippen LogP contribution in [0.2, 0.25) is 0 Å². The predicted octanol–water partition coefficient (Wildman–Crippen LogP) is 5.96. The molecule has 3 saturated carbocycles. The van der Waals surface area contributed by atoms with Gasteiger partial charge in [0, 0.05) is 11.8 Å². The molecule has 2 N–H and O–H groups in total. The predicted molar refractivity (Wildman–Crippen MR) is 135 cm³/mol. The standard InChI is InChI=1S/C30H36O6/c31-21-15-11-19(12-16-21)25-27(29(33)35-23-7-3-1-4-8-23)26(20-13-17-22(32)18-14-20)28(25)30(34)36-24-9-5-2-6-10-24/h11-18,23-28,31-32H,1-10H2. The van der Waals surface area contributed by atoms with E-state index in [2.05, 4.69) is 0 Å². The van der Waals surface area contributed by atoms with Crippen molar-refractivity contribution >= 4 is 11.9 Å². The van der Waals surface area contributed by atoms with Crippen LogP contribution in [0.5, 0.6) is 11.5 Å². The van der Waals surface area contributed by atoms with Gasteiger partial charge in [-0.15, -0.1) is 0 Å². The molecule has 0 atom stereocenters. The number of aromatic hydroxyl groups is 2. The third-order valence-corrected chi connectivity index (χ3v) is 8.32. The molecule has 5 rings (SSSR count). The van der Waals surface area contributed by atoms with Gasteiger partial charge in [-0.25, -0.2) is 0 Å². The maximum atomic E-state index is 13.7. The SMILES string of the molecule is O=C(OC1CCCCC1)C1C(c2ccc(O)cc2)C(C(=O)OC2CCCCC2)C1c1ccc(O)cc1. The van der Waals surface area contributed by atoms with Gasteiger partial charge < -0.3 is 19.7 Å². The molecule has 36 heavy (non-hydrogen) atoms. The van der Waals surface area contributed by atoms with Crippen LogP contribution in [0.4, 0.5) is 0 Å². The monoisotopic (exact) mass is 492 g/mol. The highest BCUT2D eigenvalue weighted by Gasteiger charge is 2.60. The number of phenolic OH excluding ortho intramolecular Hbond substituents is 2. The largest absolute Gasteiger partial charge is 0.508 e. The lowest BCUT2D eigenvalue weighted by atomic mass is 9.52. The molecule has 0 unspecified atom stereocenters. The second-order valence-electron chi connectivity index (χ2n) is 10.7. The molecule has 6 heteroatoms. The fourth-order valence-electron chi connectivity index (χ4n) is 6.41. The molecule has 3 aliphatic rings. The topological polar surface area (TPSA) is 93.1 Å². The lowest BCUT2D eigenvalue weighted by Crippen LogP contribution is -2.53. The van der Waals surface area contributed by atoms with Crippen molar-refractivity contribution in [2.45, 2.75) is 88.3 Å². The first kappa shape index (κ1) is 24.7. The van der Waals surface area contributed by atoms with Gasteiger partial charge in [0.25, 0.3) is 0 Å². The Kier molecular flexibility index (Phi) is 7.49. The van der Waals surface area contributed by atoms with E-state index in [0.29, 0.717) is 0 Å². The normalized spacial score (nSPS) is 27.1. The van der Waals surface area contributed by atoms with Crippen LogP contribution in [0.15, 0.2) is 48.5 Å². The van der Waals surface area contributed by atoms with Crippen LogP contribution in [-0.4, -0.2) is 34.4 Å². The van der Waals surface area contributed by atoms with Gasteiger partial charge in [0.1, 0.15) is 23.7 Å². The summed E-state index contributed by atoms with van der Waals surface area (Å²) in [5.74, 6) is -2.20. The van der Waals surface area contributed by atoms with E-state index < -0.39 is 23.7 Å². The fourth-order valence-corrected chi connectivity index (χ4v) is 6.41. The third kappa shape index (κ3) is 5.23. The number of benzene rings is 2. The summed E-state index contributed by atoms with van der Waals surface area (Å²) in [6.45, 7) is 0. The van der Waals surface area contributed by atoms with Gasteiger partial charge in [-0.2, -0.15) is 0 Å². The Morgan fingerprint density at radius 1 is 0.556 bits per heavy atom. The van der Waals surface area contributed by atoms with Crippen LogP contribution in [0.1, 0.15) is 87.2 Å². The van der Waals surface area contributed by atoms with Crippen LogP contribution in [0, 0.1) is 11.8 Å². The van der Waals surface area contributed by atoms with Gasteiger partial charge in [0.15, 0.2) is 0 Å². The number of hydrogen-bond donors (Lipinski definition) is 2. The molecule has 0 saturated heterocycles. The van der Waals surface area contributed by atoms with Gasteiger partial charge in [0.05, 0.1) is 11.8 Å². The van der Waals surface area contributed by atoms with Crippen molar-refractivity contribution in [3.8, 4) is 11.5 Å². The van der Waals surface area contributed by atoms with E-state index in [0.717, 1.165) is 62.5 Å². The Balaban J connectivity index is 1.48. The molecule has 0 bridgehead atoms. The summed E-state index contributed by atoms with van der Waals surface area (Å²) in [4.78, 5) is 27.4. The van der Waals surface area contributed by atoms with Gasteiger partial charge in [-0.1, -0.05) is 37.1 Å². The Morgan fingerprint density at radius 3 is 1.22 bits per heavy atom. The van der Waals surface area contributed by atoms with Crippen LogP contribution in [-0.2, 0) is 19.1 Å². The van der Waals surface area contributed by atoms with E-state index in [1.807, 2.05) is 0 Å². The van der Waals surface area contributed by atoms with Crippen molar-refractivity contribution in [3.05, 3.63) is 59.7 Å². The zero-order valence-electron chi connectivity index (χ0n) is 20.7. The Hall–Kier alpha value is -3.02. The smallest absolute Gasteiger partial charge is 0.310 e. The van der Waals surface area contributed by atoms with Crippen molar-refractivity contribution in [1.29, 1.82) is 0 Å². The quantitative estimate of drug-likeness (QED) is 0.483. The van der Waals surface area contributed by atoms with Gasteiger partial charge in [-0.3, -0.25) is 9.59 Å². The minimum Gasteiger partial charge on any atom is -0.508 e. The second-order valence-corrected chi connectivity index (χ2v) is 10.7. The molecule has 6 nitrogen and oxygen atoms in total. The Labute approximate surface area is 212 Å². The van der Waals surface area contributed by atoms with Gasteiger partial charge >= 0.3 is 11.9 Å². The van der Waals surface area contributed by atoms with E-state index in [9.17, 15) is 19.8 Å². The molecule has 0 aliphatic heterocycles. The summed E-state index contributed by atoms with van der Waals surface area (Å²) in [7, 11) is 0. The van der Waals surface area contributed by atoms with Crippen LogP contribution in [0.3, 0.4) is 0 Å². The third-order valence-electron chi connectivity index (χ3n) is 8.32. The van der Waals surface area contributed by atoms with Crippen molar-refractivity contribution < 1.29 is 29.3 Å². The second kappa shape index (κ2) is 10.9. The molecule has 2 aromatic carbocycles. The minimum absolute atomic E-state index is 0.0829. The summed E-state index contributed by atoms with van der Waals surface area (Å²) >= 11 is 0. The maximum Gasteiger partial charge on any atom is 0.310 e. The summed E-state index contributed by atoms with van der Waals surface area (Å²) in [6, 6.07) is 13.5. The van der Waals surface area contributed by atoms with Gasteiger partial charge in [-0.05, 0) is 86.8 Å². The highest BCUT2D eigenvalue weighted by molar-refractivity contribution is 5.85. The molecule has 192 valence electrons.